The summed E-state index contributed by atoms with van der Waals surface area (Å²) in [6, 6.07) is 55.4. The van der Waals surface area contributed by atoms with Crippen LogP contribution in [0.25, 0.3) is 71.6 Å². The van der Waals surface area contributed by atoms with Crippen molar-refractivity contribution >= 4 is 44.3 Å². The van der Waals surface area contributed by atoms with Crippen LogP contribution in [0.3, 0.4) is 0 Å². The number of nitrogens with zero attached hydrogens (tertiary/aromatic N) is 1. The van der Waals surface area contributed by atoms with E-state index in [1.165, 1.54) is 81.4 Å². The third kappa shape index (κ3) is 3.52. The molecule has 0 N–H and O–H groups in total. The van der Waals surface area contributed by atoms with Crippen molar-refractivity contribution < 1.29 is 0 Å². The van der Waals surface area contributed by atoms with E-state index in [4.69, 9.17) is 0 Å². The van der Waals surface area contributed by atoms with Crippen LogP contribution in [0.5, 0.6) is 0 Å². The molecule has 0 amide bonds. The number of para-hydroxylation sites is 2. The number of benzene rings is 7. The van der Waals surface area contributed by atoms with Gasteiger partial charge in [-0.15, -0.1) is 0 Å². The normalized spacial score (nSPS) is 12.2. The maximum Gasteiger partial charge on any atom is 0.0541 e. The first-order chi connectivity index (χ1) is 20.8. The highest BCUT2D eigenvalue weighted by Crippen LogP contribution is 2.50. The van der Waals surface area contributed by atoms with Crippen LogP contribution in [-0.4, -0.2) is 4.57 Å². The summed E-state index contributed by atoms with van der Waals surface area (Å²) in [4.78, 5) is 2.64. The predicted octanol–water partition coefficient (Wildman–Crippen LogP) is 11.4. The molecule has 0 unspecified atom stereocenters. The van der Waals surface area contributed by atoms with Crippen LogP contribution in [0.4, 0.5) is 0 Å². The number of rotatable bonds is 3. The molecule has 0 radical (unpaired) electrons. The lowest BCUT2D eigenvalue weighted by Gasteiger charge is -2.22. The van der Waals surface area contributed by atoms with Gasteiger partial charge in [-0.3, -0.25) is 0 Å². The fourth-order valence-corrected chi connectivity index (χ4v) is 7.81. The van der Waals surface area contributed by atoms with Gasteiger partial charge in [-0.25, -0.2) is 0 Å². The molecule has 42 heavy (non-hydrogen) atoms. The monoisotopic (exact) mass is 551 g/mol. The highest BCUT2D eigenvalue weighted by molar-refractivity contribution is 7.99. The van der Waals surface area contributed by atoms with Crippen LogP contribution in [0.15, 0.2) is 161 Å². The SMILES string of the molecule is c1ccc(-c2ccc3c4c(cccc24)Sc2ccc(-c4ccc5c(c4)c4ccccc4n5-c4ccccc4)cc2-3)cc1. The summed E-state index contributed by atoms with van der Waals surface area (Å²) in [7, 11) is 0. The predicted molar refractivity (Wildman–Crippen MR) is 179 cm³/mol. The zero-order valence-corrected chi connectivity index (χ0v) is 23.6. The van der Waals surface area contributed by atoms with Gasteiger partial charge in [-0.1, -0.05) is 115 Å². The Morgan fingerprint density at radius 3 is 1.95 bits per heavy atom. The minimum atomic E-state index is 1.18. The van der Waals surface area contributed by atoms with Gasteiger partial charge >= 0.3 is 0 Å². The molecule has 1 nitrogen and oxygen atoms in total. The Bertz CT molecular complexity index is 2310. The van der Waals surface area contributed by atoms with Gasteiger partial charge in [-0.2, -0.15) is 0 Å². The summed E-state index contributed by atoms with van der Waals surface area (Å²) in [6.07, 6.45) is 0. The van der Waals surface area contributed by atoms with E-state index in [1.807, 2.05) is 11.8 Å². The van der Waals surface area contributed by atoms with Crippen molar-refractivity contribution in [3.63, 3.8) is 0 Å². The van der Waals surface area contributed by atoms with Gasteiger partial charge in [-0.05, 0) is 87.3 Å². The quantitative estimate of drug-likeness (QED) is 0.211. The molecule has 7 aromatic carbocycles. The van der Waals surface area contributed by atoms with Crippen molar-refractivity contribution in [3.05, 3.63) is 152 Å². The van der Waals surface area contributed by atoms with Crippen LogP contribution in [0, 0.1) is 0 Å². The summed E-state index contributed by atoms with van der Waals surface area (Å²) in [5.41, 5.74) is 11.3. The number of aromatic nitrogens is 1. The Kier molecular flexibility index (Phi) is 5.20. The minimum Gasteiger partial charge on any atom is -0.309 e. The lowest BCUT2D eigenvalue weighted by Crippen LogP contribution is -1.95. The van der Waals surface area contributed by atoms with Crippen LogP contribution in [-0.2, 0) is 0 Å². The third-order valence-electron chi connectivity index (χ3n) is 8.60. The first-order valence-corrected chi connectivity index (χ1v) is 15.2. The summed E-state index contributed by atoms with van der Waals surface area (Å²) in [5.74, 6) is 0. The third-order valence-corrected chi connectivity index (χ3v) is 9.73. The van der Waals surface area contributed by atoms with Gasteiger partial charge in [0.2, 0.25) is 0 Å². The molecule has 0 spiro atoms. The molecule has 8 aromatic rings. The van der Waals surface area contributed by atoms with E-state index in [1.54, 1.807) is 0 Å². The number of hydrogen-bond donors (Lipinski definition) is 0. The van der Waals surface area contributed by atoms with Gasteiger partial charge in [0.15, 0.2) is 0 Å². The Labute approximate surface area is 248 Å². The lowest BCUT2D eigenvalue weighted by molar-refractivity contribution is 1.18. The molecule has 9 rings (SSSR count). The molecule has 196 valence electrons. The maximum absolute atomic E-state index is 2.40. The maximum atomic E-state index is 2.40. The van der Waals surface area contributed by atoms with E-state index in [9.17, 15) is 0 Å². The summed E-state index contributed by atoms with van der Waals surface area (Å²) >= 11 is 1.88. The molecule has 0 saturated carbocycles. The molecule has 2 heteroatoms. The minimum absolute atomic E-state index is 1.18. The largest absolute Gasteiger partial charge is 0.309 e. The van der Waals surface area contributed by atoms with E-state index < -0.39 is 0 Å². The Morgan fingerprint density at radius 1 is 0.381 bits per heavy atom. The van der Waals surface area contributed by atoms with E-state index in [2.05, 4.69) is 156 Å². The highest BCUT2D eigenvalue weighted by atomic mass is 32.2. The summed E-state index contributed by atoms with van der Waals surface area (Å²) < 4.78 is 2.37. The second-order valence-electron chi connectivity index (χ2n) is 10.9. The Hall–Kier alpha value is -5.05. The molecule has 2 heterocycles. The van der Waals surface area contributed by atoms with E-state index >= 15 is 0 Å². The van der Waals surface area contributed by atoms with Crippen molar-refractivity contribution in [1.82, 2.24) is 4.57 Å². The van der Waals surface area contributed by atoms with Gasteiger partial charge in [0.1, 0.15) is 0 Å². The fourth-order valence-electron chi connectivity index (χ4n) is 6.69. The van der Waals surface area contributed by atoms with Crippen molar-refractivity contribution in [3.8, 4) is 39.1 Å². The molecular formula is C40H25NS. The van der Waals surface area contributed by atoms with Crippen LogP contribution in [0.1, 0.15) is 0 Å². The van der Waals surface area contributed by atoms with E-state index in [0.717, 1.165) is 0 Å². The Balaban J connectivity index is 1.22. The van der Waals surface area contributed by atoms with Crippen LogP contribution in [0.2, 0.25) is 0 Å². The average Bonchev–Trinajstić information content (AvgIpc) is 3.39. The second-order valence-corrected chi connectivity index (χ2v) is 12.0. The van der Waals surface area contributed by atoms with Gasteiger partial charge in [0, 0.05) is 31.6 Å². The molecule has 0 aliphatic carbocycles. The van der Waals surface area contributed by atoms with Crippen LogP contribution < -0.4 is 0 Å². The molecule has 1 aliphatic heterocycles. The van der Waals surface area contributed by atoms with Crippen molar-refractivity contribution in [2.24, 2.45) is 0 Å². The van der Waals surface area contributed by atoms with Gasteiger partial charge < -0.3 is 4.57 Å². The standard InChI is InChI=1S/C40H25NS/c1-3-10-26(11-4-1)30-20-21-33-35-25-28(19-23-38(35)42-39-17-9-15-32(30)40(33)39)27-18-22-37-34(24-27)31-14-7-8-16-36(31)41(37)29-12-5-2-6-13-29/h1-25H. The zero-order valence-electron chi connectivity index (χ0n) is 22.8. The second kappa shape index (κ2) is 9.24. The van der Waals surface area contributed by atoms with Crippen molar-refractivity contribution in [1.29, 1.82) is 0 Å². The molecule has 0 atom stereocenters. The number of hydrogen-bond acceptors (Lipinski definition) is 1. The fraction of sp³-hybridized carbons (Fsp3) is 0. The van der Waals surface area contributed by atoms with Gasteiger partial charge in [0.25, 0.3) is 0 Å². The van der Waals surface area contributed by atoms with E-state index in [0.29, 0.717) is 0 Å². The average molecular weight is 552 g/mol. The molecule has 1 aromatic heterocycles. The zero-order chi connectivity index (χ0) is 27.6. The lowest BCUT2D eigenvalue weighted by atomic mass is 9.90. The first-order valence-electron chi connectivity index (χ1n) is 14.4. The topological polar surface area (TPSA) is 4.93 Å². The van der Waals surface area contributed by atoms with Crippen molar-refractivity contribution in [2.75, 3.05) is 0 Å². The molecule has 0 bridgehead atoms. The highest BCUT2D eigenvalue weighted by Gasteiger charge is 2.22. The molecule has 0 saturated heterocycles. The van der Waals surface area contributed by atoms with Crippen LogP contribution >= 0.6 is 11.8 Å². The molecular weight excluding hydrogens is 527 g/mol. The van der Waals surface area contributed by atoms with Crippen molar-refractivity contribution in [2.45, 2.75) is 9.79 Å². The molecule has 1 aliphatic rings. The first kappa shape index (κ1) is 23.6. The van der Waals surface area contributed by atoms with Gasteiger partial charge in [0.05, 0.1) is 11.0 Å². The number of fused-ring (bicyclic) bond motifs is 5. The Morgan fingerprint density at radius 2 is 1.07 bits per heavy atom. The summed E-state index contributed by atoms with van der Waals surface area (Å²) in [5, 5.41) is 5.22. The summed E-state index contributed by atoms with van der Waals surface area (Å²) in [6.45, 7) is 0. The molecule has 0 fully saturated rings. The smallest absolute Gasteiger partial charge is 0.0541 e. The van der Waals surface area contributed by atoms with E-state index in [-0.39, 0.29) is 0 Å².